The Bertz CT molecular complexity index is 921. The summed E-state index contributed by atoms with van der Waals surface area (Å²) >= 11 is 0. The van der Waals surface area contributed by atoms with Gasteiger partial charge in [-0.15, -0.1) is 0 Å². The van der Waals surface area contributed by atoms with E-state index in [-0.39, 0.29) is 6.42 Å². The fourth-order valence-electron chi connectivity index (χ4n) is 2.75. The van der Waals surface area contributed by atoms with Crippen molar-refractivity contribution in [2.75, 3.05) is 7.11 Å². The second-order valence-electron chi connectivity index (χ2n) is 6.22. The predicted octanol–water partition coefficient (Wildman–Crippen LogP) is 5.08. The second-order valence-corrected chi connectivity index (χ2v) is 6.22. The van der Waals surface area contributed by atoms with Crippen molar-refractivity contribution in [1.29, 1.82) is 0 Å². The van der Waals surface area contributed by atoms with Gasteiger partial charge in [-0.25, -0.2) is 0 Å². The molecule has 0 bridgehead atoms. The van der Waals surface area contributed by atoms with E-state index in [0.717, 1.165) is 22.6 Å². The molecule has 0 aliphatic carbocycles. The molecule has 0 spiro atoms. The molecule has 3 aromatic carbocycles. The molecule has 0 aliphatic rings. The maximum absolute atomic E-state index is 10.8. The van der Waals surface area contributed by atoms with E-state index in [1.54, 1.807) is 13.2 Å². The number of hydrogen-bond donors (Lipinski definition) is 1. The molecule has 5 heteroatoms. The van der Waals surface area contributed by atoms with Gasteiger partial charge in [0.05, 0.1) is 7.11 Å². The molecule has 0 heterocycles. The van der Waals surface area contributed by atoms with E-state index in [9.17, 15) is 4.79 Å². The molecule has 0 aliphatic heterocycles. The number of methoxy groups -OCH3 is 1. The van der Waals surface area contributed by atoms with Gasteiger partial charge >= 0.3 is 5.97 Å². The van der Waals surface area contributed by atoms with Crippen LogP contribution in [0.15, 0.2) is 72.8 Å². The third-order valence-corrected chi connectivity index (χ3v) is 4.15. The lowest BCUT2D eigenvalue weighted by Gasteiger charge is -2.12. The van der Waals surface area contributed by atoms with Crippen LogP contribution >= 0.6 is 0 Å². The van der Waals surface area contributed by atoms with Gasteiger partial charge in [-0.05, 0) is 47.9 Å². The fraction of sp³-hybridized carbons (Fsp3) is 0.174. The summed E-state index contributed by atoms with van der Waals surface area (Å²) in [6.45, 7) is 0.379. The number of hydrogen-bond acceptors (Lipinski definition) is 4. The summed E-state index contributed by atoms with van der Waals surface area (Å²) < 4.78 is 17.1. The van der Waals surface area contributed by atoms with Gasteiger partial charge in [0.1, 0.15) is 29.6 Å². The molecule has 28 heavy (non-hydrogen) atoms. The molecule has 3 aromatic rings. The highest BCUT2D eigenvalue weighted by Crippen LogP contribution is 2.27. The Morgan fingerprint density at radius 1 is 0.893 bits per heavy atom. The molecule has 144 valence electrons. The van der Waals surface area contributed by atoms with Crippen LogP contribution in [0.25, 0.3) is 0 Å². The minimum Gasteiger partial charge on any atom is -0.496 e. The van der Waals surface area contributed by atoms with Crippen molar-refractivity contribution in [3.05, 3.63) is 83.9 Å². The monoisotopic (exact) mass is 378 g/mol. The normalized spacial score (nSPS) is 10.3. The molecular weight excluding hydrogens is 356 g/mol. The van der Waals surface area contributed by atoms with Crippen molar-refractivity contribution in [2.45, 2.75) is 19.4 Å². The van der Waals surface area contributed by atoms with Gasteiger partial charge in [0, 0.05) is 12.5 Å². The second kappa shape index (κ2) is 9.46. The van der Waals surface area contributed by atoms with E-state index in [4.69, 9.17) is 19.3 Å². The van der Waals surface area contributed by atoms with Crippen LogP contribution in [-0.2, 0) is 17.8 Å². The molecule has 0 atom stereocenters. The quantitative estimate of drug-likeness (QED) is 0.562. The van der Waals surface area contributed by atoms with Crippen LogP contribution in [0.3, 0.4) is 0 Å². The van der Waals surface area contributed by atoms with Crippen LogP contribution < -0.4 is 14.2 Å². The van der Waals surface area contributed by atoms with Gasteiger partial charge in [-0.1, -0.05) is 36.4 Å². The Morgan fingerprint density at radius 2 is 1.68 bits per heavy atom. The minimum absolute atomic E-state index is 0.0603. The summed E-state index contributed by atoms with van der Waals surface area (Å²) in [4.78, 5) is 10.8. The molecule has 0 aromatic heterocycles. The lowest BCUT2D eigenvalue weighted by Crippen LogP contribution is -2.01. The first kappa shape index (κ1) is 19.3. The Balaban J connectivity index is 1.63. The van der Waals surface area contributed by atoms with Gasteiger partial charge in [0.2, 0.25) is 0 Å². The highest BCUT2D eigenvalue weighted by Gasteiger charge is 2.08. The van der Waals surface area contributed by atoms with E-state index in [1.807, 2.05) is 66.7 Å². The molecule has 0 saturated heterocycles. The molecule has 5 nitrogen and oxygen atoms in total. The van der Waals surface area contributed by atoms with Crippen LogP contribution in [-0.4, -0.2) is 18.2 Å². The summed E-state index contributed by atoms with van der Waals surface area (Å²) in [6.07, 6.45) is 0.475. The van der Waals surface area contributed by atoms with Crippen LogP contribution in [0, 0.1) is 0 Å². The van der Waals surface area contributed by atoms with Crippen molar-refractivity contribution < 1.29 is 24.1 Å². The van der Waals surface area contributed by atoms with Crippen LogP contribution in [0.2, 0.25) is 0 Å². The van der Waals surface area contributed by atoms with Crippen molar-refractivity contribution >= 4 is 5.97 Å². The molecular formula is C23H22O5. The van der Waals surface area contributed by atoms with Crippen molar-refractivity contribution in [3.8, 4) is 23.0 Å². The lowest BCUT2D eigenvalue weighted by molar-refractivity contribution is -0.136. The minimum atomic E-state index is -0.833. The molecule has 0 saturated carbocycles. The van der Waals surface area contributed by atoms with E-state index < -0.39 is 5.97 Å². The number of carboxylic acid groups (broad SMARTS) is 1. The summed E-state index contributed by atoms with van der Waals surface area (Å²) in [5.41, 5.74) is 1.82. The SMILES string of the molecule is COc1cc(OCc2cccc(Oc3ccccc3)c2)ccc1CCC(=O)O. The van der Waals surface area contributed by atoms with Crippen LogP contribution in [0.5, 0.6) is 23.0 Å². The molecule has 0 unspecified atom stereocenters. The summed E-state index contributed by atoms with van der Waals surface area (Å²) in [5.74, 6) is 1.97. The number of carboxylic acids is 1. The zero-order valence-corrected chi connectivity index (χ0v) is 15.6. The average Bonchev–Trinajstić information content (AvgIpc) is 2.72. The van der Waals surface area contributed by atoms with E-state index in [1.165, 1.54) is 0 Å². The number of benzene rings is 3. The molecule has 0 fully saturated rings. The van der Waals surface area contributed by atoms with Gasteiger partial charge in [-0.3, -0.25) is 4.79 Å². The number of aryl methyl sites for hydroxylation is 1. The average molecular weight is 378 g/mol. The Hall–Kier alpha value is -3.47. The Kier molecular flexibility index (Phi) is 6.52. The summed E-state index contributed by atoms with van der Waals surface area (Å²) in [6, 6.07) is 22.8. The van der Waals surface area contributed by atoms with Gasteiger partial charge in [0.15, 0.2) is 0 Å². The first-order chi connectivity index (χ1) is 13.6. The number of rotatable bonds is 9. The molecule has 3 rings (SSSR count). The van der Waals surface area contributed by atoms with Crippen molar-refractivity contribution in [2.24, 2.45) is 0 Å². The lowest BCUT2D eigenvalue weighted by atomic mass is 10.1. The van der Waals surface area contributed by atoms with Crippen LogP contribution in [0.4, 0.5) is 0 Å². The first-order valence-corrected chi connectivity index (χ1v) is 8.97. The van der Waals surface area contributed by atoms with E-state index in [2.05, 4.69) is 0 Å². The van der Waals surface area contributed by atoms with Crippen LogP contribution in [0.1, 0.15) is 17.5 Å². The van der Waals surface area contributed by atoms with Gasteiger partial charge in [-0.2, -0.15) is 0 Å². The fourth-order valence-corrected chi connectivity index (χ4v) is 2.75. The number of aliphatic carboxylic acids is 1. The standard InChI is InChI=1S/C23H22O5/c1-26-22-15-20(12-10-18(22)11-13-23(24)25)27-16-17-6-5-9-21(14-17)28-19-7-3-2-4-8-19/h2-10,12,14-15H,11,13,16H2,1H3,(H,24,25). The highest BCUT2D eigenvalue weighted by molar-refractivity contribution is 5.67. The number of para-hydroxylation sites is 1. The molecule has 0 radical (unpaired) electrons. The summed E-state index contributed by atoms with van der Waals surface area (Å²) in [5, 5.41) is 8.84. The zero-order valence-electron chi connectivity index (χ0n) is 15.6. The maximum atomic E-state index is 10.8. The third kappa shape index (κ3) is 5.51. The topological polar surface area (TPSA) is 65.0 Å². The largest absolute Gasteiger partial charge is 0.496 e. The molecule has 0 amide bonds. The summed E-state index contributed by atoms with van der Waals surface area (Å²) in [7, 11) is 1.56. The Labute approximate surface area is 164 Å². The van der Waals surface area contributed by atoms with E-state index >= 15 is 0 Å². The zero-order chi connectivity index (χ0) is 19.8. The number of carbonyl (C=O) groups is 1. The Morgan fingerprint density at radius 3 is 2.43 bits per heavy atom. The van der Waals surface area contributed by atoms with Gasteiger partial charge in [0.25, 0.3) is 0 Å². The maximum Gasteiger partial charge on any atom is 0.303 e. The number of ether oxygens (including phenoxy) is 3. The van der Waals surface area contributed by atoms with Gasteiger partial charge < -0.3 is 19.3 Å². The van der Waals surface area contributed by atoms with Crippen molar-refractivity contribution in [1.82, 2.24) is 0 Å². The van der Waals surface area contributed by atoms with Crippen molar-refractivity contribution in [3.63, 3.8) is 0 Å². The molecule has 1 N–H and O–H groups in total. The predicted molar refractivity (Wildman–Crippen MR) is 106 cm³/mol. The first-order valence-electron chi connectivity index (χ1n) is 8.97. The third-order valence-electron chi connectivity index (χ3n) is 4.15. The highest BCUT2D eigenvalue weighted by atomic mass is 16.5. The smallest absolute Gasteiger partial charge is 0.303 e. The van der Waals surface area contributed by atoms with E-state index in [0.29, 0.717) is 24.5 Å².